The number of rotatable bonds is 8. The van der Waals surface area contributed by atoms with E-state index in [9.17, 15) is 0 Å². The third-order valence-corrected chi connectivity index (χ3v) is 5.26. The maximum atomic E-state index is 5.16. The van der Waals surface area contributed by atoms with Crippen molar-refractivity contribution < 1.29 is 4.74 Å². The molecule has 0 aliphatic carbocycles. The zero-order valence-corrected chi connectivity index (χ0v) is 19.5. The molecule has 0 spiro atoms. The number of nitrogens with zero attached hydrogens (tertiary/aromatic N) is 4. The van der Waals surface area contributed by atoms with Gasteiger partial charge in [0.1, 0.15) is 0 Å². The second kappa shape index (κ2) is 12.7. The molecular weight excluding hydrogens is 463 g/mol. The van der Waals surface area contributed by atoms with Crippen LogP contribution < -0.4 is 15.5 Å². The summed E-state index contributed by atoms with van der Waals surface area (Å²) < 4.78 is 5.16. The second-order valence-electron chi connectivity index (χ2n) is 6.46. The lowest BCUT2D eigenvalue weighted by atomic mass is 10.1. The fourth-order valence-corrected chi connectivity index (χ4v) is 3.52. The molecule has 1 aliphatic heterocycles. The van der Waals surface area contributed by atoms with Crippen LogP contribution in [0.2, 0.25) is 0 Å². The highest BCUT2D eigenvalue weighted by molar-refractivity contribution is 14.0. The molecule has 9 heteroatoms. The van der Waals surface area contributed by atoms with Gasteiger partial charge < -0.3 is 25.2 Å². The summed E-state index contributed by atoms with van der Waals surface area (Å²) in [6.07, 6.45) is 2.27. The number of nitrogens with one attached hydrogen (secondary N) is 2. The highest BCUT2D eigenvalue weighted by Gasteiger charge is 2.19. The van der Waals surface area contributed by atoms with Crippen LogP contribution in [0.25, 0.3) is 0 Å². The zero-order valence-electron chi connectivity index (χ0n) is 16.3. The van der Waals surface area contributed by atoms with Crippen LogP contribution in [0.5, 0.6) is 0 Å². The zero-order chi connectivity index (χ0) is 18.1. The Morgan fingerprint density at radius 1 is 1.42 bits per heavy atom. The van der Waals surface area contributed by atoms with Crippen LogP contribution in [-0.4, -0.2) is 75.9 Å². The molecule has 0 unspecified atom stereocenters. The molecule has 1 saturated heterocycles. The van der Waals surface area contributed by atoms with Gasteiger partial charge >= 0.3 is 0 Å². The van der Waals surface area contributed by atoms with Crippen LogP contribution in [0.1, 0.15) is 25.5 Å². The van der Waals surface area contributed by atoms with Crippen molar-refractivity contribution in [2.45, 2.75) is 32.4 Å². The number of halogens is 1. The Hall–Kier alpha value is -0.650. The van der Waals surface area contributed by atoms with Crippen molar-refractivity contribution in [1.82, 2.24) is 20.5 Å². The first-order valence-electron chi connectivity index (χ1n) is 9.00. The quantitative estimate of drug-likeness (QED) is 0.326. The third kappa shape index (κ3) is 7.93. The SMILES string of the molecule is CCNC(=NCc1csc(N(C)C)n1)NC1CCN(CCOC)CC1.I. The minimum Gasteiger partial charge on any atom is -0.383 e. The molecule has 1 aromatic heterocycles. The van der Waals surface area contributed by atoms with E-state index in [1.807, 2.05) is 19.0 Å². The van der Waals surface area contributed by atoms with Crippen molar-refractivity contribution in [2.75, 3.05) is 58.9 Å². The number of thiazole rings is 1. The lowest BCUT2D eigenvalue weighted by molar-refractivity contribution is 0.128. The van der Waals surface area contributed by atoms with E-state index in [0.717, 1.165) is 62.4 Å². The summed E-state index contributed by atoms with van der Waals surface area (Å²) in [6.45, 7) is 7.61. The van der Waals surface area contributed by atoms with E-state index in [0.29, 0.717) is 12.6 Å². The topological polar surface area (TPSA) is 65.0 Å². The normalized spacial score (nSPS) is 16.2. The van der Waals surface area contributed by atoms with Crippen LogP contribution in [-0.2, 0) is 11.3 Å². The number of hydrogen-bond acceptors (Lipinski definition) is 6. The molecule has 0 bridgehead atoms. The fraction of sp³-hybridized carbons (Fsp3) is 0.765. The Kier molecular flexibility index (Phi) is 11.4. The van der Waals surface area contributed by atoms with E-state index < -0.39 is 0 Å². The first-order valence-corrected chi connectivity index (χ1v) is 9.88. The van der Waals surface area contributed by atoms with Gasteiger partial charge in [-0.1, -0.05) is 0 Å². The minimum atomic E-state index is 0. The van der Waals surface area contributed by atoms with E-state index in [2.05, 4.69) is 32.8 Å². The molecule has 0 amide bonds. The Balaban J connectivity index is 0.00000338. The minimum absolute atomic E-state index is 0. The lowest BCUT2D eigenvalue weighted by Crippen LogP contribution is -2.49. The average Bonchev–Trinajstić information content (AvgIpc) is 3.08. The average molecular weight is 496 g/mol. The van der Waals surface area contributed by atoms with Crippen LogP contribution in [0.4, 0.5) is 5.13 Å². The first kappa shape index (κ1) is 23.4. The van der Waals surface area contributed by atoms with Crippen molar-refractivity contribution >= 4 is 46.4 Å². The van der Waals surface area contributed by atoms with Crippen molar-refractivity contribution in [2.24, 2.45) is 4.99 Å². The number of aliphatic imine (C=N–C) groups is 1. The molecule has 1 fully saturated rings. The largest absolute Gasteiger partial charge is 0.383 e. The highest BCUT2D eigenvalue weighted by atomic mass is 127. The van der Waals surface area contributed by atoms with E-state index in [1.54, 1.807) is 18.4 Å². The van der Waals surface area contributed by atoms with Gasteiger partial charge in [-0.25, -0.2) is 9.98 Å². The van der Waals surface area contributed by atoms with E-state index in [4.69, 9.17) is 9.73 Å². The van der Waals surface area contributed by atoms with Crippen molar-refractivity contribution in [3.63, 3.8) is 0 Å². The smallest absolute Gasteiger partial charge is 0.191 e. The van der Waals surface area contributed by atoms with Crippen LogP contribution in [0.15, 0.2) is 10.4 Å². The van der Waals surface area contributed by atoms with Crippen molar-refractivity contribution in [3.8, 4) is 0 Å². The number of ether oxygens (including phenoxy) is 1. The molecule has 0 atom stereocenters. The molecule has 2 N–H and O–H groups in total. The molecule has 150 valence electrons. The summed E-state index contributed by atoms with van der Waals surface area (Å²) in [5.74, 6) is 0.886. The predicted molar refractivity (Wildman–Crippen MR) is 121 cm³/mol. The Morgan fingerprint density at radius 2 is 2.15 bits per heavy atom. The van der Waals surface area contributed by atoms with Gasteiger partial charge in [0.05, 0.1) is 18.8 Å². The number of guanidine groups is 1. The van der Waals surface area contributed by atoms with Crippen LogP contribution in [0.3, 0.4) is 0 Å². The van der Waals surface area contributed by atoms with Gasteiger partial charge in [0.2, 0.25) is 0 Å². The predicted octanol–water partition coefficient (Wildman–Crippen LogP) is 1.99. The summed E-state index contributed by atoms with van der Waals surface area (Å²) in [6, 6.07) is 0.476. The number of piperidine rings is 1. The number of anilines is 1. The maximum absolute atomic E-state index is 5.16. The standard InChI is InChI=1S/C17H32N6OS.HI/c1-5-18-16(19-12-15-13-25-17(21-15)22(2)3)20-14-6-8-23(9-7-14)10-11-24-4;/h13-14H,5-12H2,1-4H3,(H2,18,19,20);1H. The fourth-order valence-electron chi connectivity index (χ4n) is 2.77. The monoisotopic (exact) mass is 496 g/mol. The summed E-state index contributed by atoms with van der Waals surface area (Å²) in [5.41, 5.74) is 1.01. The van der Waals surface area contributed by atoms with Gasteiger partial charge in [0.15, 0.2) is 11.1 Å². The summed E-state index contributed by atoms with van der Waals surface area (Å²) in [4.78, 5) is 13.8. The summed E-state index contributed by atoms with van der Waals surface area (Å²) in [7, 11) is 5.78. The van der Waals surface area contributed by atoms with Gasteiger partial charge in [-0.3, -0.25) is 0 Å². The molecule has 0 saturated carbocycles. The maximum Gasteiger partial charge on any atom is 0.191 e. The molecular formula is C17H33IN6OS. The van der Waals surface area contributed by atoms with E-state index in [1.165, 1.54) is 0 Å². The number of likely N-dealkylation sites (tertiary alicyclic amines) is 1. The van der Waals surface area contributed by atoms with Gasteiger partial charge in [-0.05, 0) is 19.8 Å². The molecule has 1 aliphatic rings. The van der Waals surface area contributed by atoms with Crippen molar-refractivity contribution in [3.05, 3.63) is 11.1 Å². The first-order chi connectivity index (χ1) is 12.1. The molecule has 26 heavy (non-hydrogen) atoms. The Morgan fingerprint density at radius 3 is 2.73 bits per heavy atom. The van der Waals surface area contributed by atoms with Gasteiger partial charge in [-0.15, -0.1) is 35.3 Å². The summed E-state index contributed by atoms with van der Waals surface area (Å²) >= 11 is 1.65. The molecule has 0 radical (unpaired) electrons. The number of aromatic nitrogens is 1. The highest BCUT2D eigenvalue weighted by Crippen LogP contribution is 2.18. The number of hydrogen-bond donors (Lipinski definition) is 2. The summed E-state index contributed by atoms with van der Waals surface area (Å²) in [5, 5.41) is 10.0. The third-order valence-electron chi connectivity index (χ3n) is 4.21. The lowest BCUT2D eigenvalue weighted by Gasteiger charge is -2.32. The van der Waals surface area contributed by atoms with Gasteiger partial charge in [-0.2, -0.15) is 0 Å². The van der Waals surface area contributed by atoms with Crippen molar-refractivity contribution in [1.29, 1.82) is 0 Å². The van der Waals surface area contributed by atoms with Crippen LogP contribution >= 0.6 is 35.3 Å². The van der Waals surface area contributed by atoms with Gasteiger partial charge in [0.25, 0.3) is 0 Å². The molecule has 2 heterocycles. The van der Waals surface area contributed by atoms with E-state index >= 15 is 0 Å². The number of methoxy groups -OCH3 is 1. The molecule has 0 aromatic carbocycles. The Bertz CT molecular complexity index is 531. The molecule has 7 nitrogen and oxygen atoms in total. The Labute approximate surface area is 178 Å². The van der Waals surface area contributed by atoms with E-state index in [-0.39, 0.29) is 24.0 Å². The molecule has 1 aromatic rings. The second-order valence-corrected chi connectivity index (χ2v) is 7.30. The van der Waals surface area contributed by atoms with Crippen LogP contribution in [0, 0.1) is 0 Å². The molecule has 2 rings (SSSR count). The van der Waals surface area contributed by atoms with Gasteiger partial charge in [0, 0.05) is 58.8 Å².